The number of pyridine rings is 1. The van der Waals surface area contributed by atoms with Crippen LogP contribution in [0.2, 0.25) is 0 Å². The highest BCUT2D eigenvalue weighted by atomic mass is 19.1. The number of nitrogens with zero attached hydrogens (tertiary/aromatic N) is 1. The standard InChI is InChI=1S/C21H24FN3O2/c22-18-7-9-19(10-8-18)27-20-11-6-17(14-24-20)15-25-21(26)23-13-12-16-4-2-1-3-5-16/h4,6-11,14H,1-3,5,12-13,15H2,(H2,23,25,26). The van der Waals surface area contributed by atoms with Gasteiger partial charge in [0.1, 0.15) is 11.6 Å². The van der Waals surface area contributed by atoms with Crippen molar-refractivity contribution in [2.45, 2.75) is 38.6 Å². The zero-order valence-electron chi connectivity index (χ0n) is 15.2. The molecule has 6 heteroatoms. The van der Waals surface area contributed by atoms with Crippen molar-refractivity contribution in [2.24, 2.45) is 0 Å². The molecule has 1 aromatic carbocycles. The molecule has 0 saturated carbocycles. The number of nitrogens with one attached hydrogen (secondary N) is 2. The minimum Gasteiger partial charge on any atom is -0.439 e. The van der Waals surface area contributed by atoms with Crippen LogP contribution in [0.3, 0.4) is 0 Å². The van der Waals surface area contributed by atoms with E-state index in [0.717, 1.165) is 24.8 Å². The number of rotatable bonds is 7. The summed E-state index contributed by atoms with van der Waals surface area (Å²) in [6.07, 6.45) is 9.71. The molecule has 5 nitrogen and oxygen atoms in total. The summed E-state index contributed by atoms with van der Waals surface area (Å²) < 4.78 is 18.4. The number of hydrogen-bond donors (Lipinski definition) is 2. The summed E-state index contributed by atoms with van der Waals surface area (Å²) in [5.41, 5.74) is 2.31. The molecular formula is C21H24FN3O2. The molecule has 142 valence electrons. The number of carbonyl (C=O) groups excluding carboxylic acids is 1. The SMILES string of the molecule is O=C(NCCC1=CCCCC1)NCc1ccc(Oc2ccc(F)cc2)nc1. The second-order valence-electron chi connectivity index (χ2n) is 6.53. The largest absolute Gasteiger partial charge is 0.439 e. The van der Waals surface area contributed by atoms with Crippen molar-refractivity contribution < 1.29 is 13.9 Å². The highest BCUT2D eigenvalue weighted by molar-refractivity contribution is 5.73. The zero-order valence-corrected chi connectivity index (χ0v) is 15.2. The summed E-state index contributed by atoms with van der Waals surface area (Å²) in [7, 11) is 0. The van der Waals surface area contributed by atoms with Crippen molar-refractivity contribution in [3.8, 4) is 11.6 Å². The Kier molecular flexibility index (Phi) is 6.79. The van der Waals surface area contributed by atoms with Gasteiger partial charge in [-0.15, -0.1) is 0 Å². The number of ether oxygens (including phenoxy) is 1. The summed E-state index contributed by atoms with van der Waals surface area (Å²) >= 11 is 0. The number of urea groups is 1. The molecule has 3 rings (SSSR count). The van der Waals surface area contributed by atoms with Crippen LogP contribution in [0, 0.1) is 5.82 Å². The monoisotopic (exact) mass is 369 g/mol. The summed E-state index contributed by atoms with van der Waals surface area (Å²) in [6, 6.07) is 9.11. The second-order valence-corrected chi connectivity index (χ2v) is 6.53. The van der Waals surface area contributed by atoms with E-state index in [9.17, 15) is 9.18 Å². The molecule has 1 aromatic heterocycles. The molecule has 2 aromatic rings. The number of allylic oxidation sites excluding steroid dienone is 1. The van der Waals surface area contributed by atoms with Crippen LogP contribution in [0.1, 0.15) is 37.7 Å². The van der Waals surface area contributed by atoms with Gasteiger partial charge in [-0.2, -0.15) is 0 Å². The lowest BCUT2D eigenvalue weighted by atomic mass is 9.97. The van der Waals surface area contributed by atoms with Gasteiger partial charge in [-0.25, -0.2) is 14.2 Å². The normalized spacial score (nSPS) is 13.6. The predicted molar refractivity (Wildman–Crippen MR) is 102 cm³/mol. The third-order valence-corrected chi connectivity index (χ3v) is 4.40. The smallest absolute Gasteiger partial charge is 0.315 e. The number of aromatic nitrogens is 1. The fraction of sp³-hybridized carbons (Fsp3) is 0.333. The molecule has 0 atom stereocenters. The van der Waals surface area contributed by atoms with E-state index in [2.05, 4.69) is 21.7 Å². The van der Waals surface area contributed by atoms with Crippen LogP contribution in [-0.2, 0) is 6.54 Å². The van der Waals surface area contributed by atoms with Gasteiger partial charge >= 0.3 is 6.03 Å². The van der Waals surface area contributed by atoms with Crippen LogP contribution < -0.4 is 15.4 Å². The molecule has 0 spiro atoms. The van der Waals surface area contributed by atoms with Crippen molar-refractivity contribution in [1.82, 2.24) is 15.6 Å². The van der Waals surface area contributed by atoms with Gasteiger partial charge < -0.3 is 15.4 Å². The lowest BCUT2D eigenvalue weighted by Gasteiger charge is -2.13. The number of carbonyl (C=O) groups is 1. The zero-order chi connectivity index (χ0) is 18.9. The molecule has 1 aliphatic carbocycles. The summed E-state index contributed by atoms with van der Waals surface area (Å²) in [5, 5.41) is 5.70. The fourth-order valence-corrected chi connectivity index (χ4v) is 2.91. The maximum absolute atomic E-state index is 12.9. The van der Waals surface area contributed by atoms with E-state index >= 15 is 0 Å². The summed E-state index contributed by atoms with van der Waals surface area (Å²) in [5.74, 6) is 0.614. The Morgan fingerprint density at radius 1 is 1.11 bits per heavy atom. The average molecular weight is 369 g/mol. The van der Waals surface area contributed by atoms with Crippen molar-refractivity contribution in [1.29, 1.82) is 0 Å². The first-order chi connectivity index (χ1) is 13.2. The molecule has 1 aliphatic rings. The van der Waals surface area contributed by atoms with E-state index in [-0.39, 0.29) is 11.8 Å². The number of benzene rings is 1. The van der Waals surface area contributed by atoms with E-state index in [1.165, 1.54) is 30.5 Å². The summed E-state index contributed by atoms with van der Waals surface area (Å²) in [4.78, 5) is 16.1. The van der Waals surface area contributed by atoms with Gasteiger partial charge in [-0.1, -0.05) is 17.7 Å². The molecule has 0 unspecified atom stereocenters. The lowest BCUT2D eigenvalue weighted by molar-refractivity contribution is 0.240. The van der Waals surface area contributed by atoms with E-state index in [1.807, 2.05) is 6.07 Å². The Bertz CT molecular complexity index is 773. The van der Waals surface area contributed by atoms with Crippen molar-refractivity contribution in [3.63, 3.8) is 0 Å². The first-order valence-corrected chi connectivity index (χ1v) is 9.27. The Morgan fingerprint density at radius 3 is 2.67 bits per heavy atom. The Morgan fingerprint density at radius 2 is 1.96 bits per heavy atom. The Labute approximate surface area is 158 Å². The molecule has 2 amide bonds. The van der Waals surface area contributed by atoms with Gasteiger partial charge in [0.2, 0.25) is 5.88 Å². The molecule has 0 bridgehead atoms. The molecule has 0 radical (unpaired) electrons. The lowest BCUT2D eigenvalue weighted by Crippen LogP contribution is -2.35. The van der Waals surface area contributed by atoms with Gasteiger partial charge in [-0.3, -0.25) is 0 Å². The maximum atomic E-state index is 12.9. The fourth-order valence-electron chi connectivity index (χ4n) is 2.91. The van der Waals surface area contributed by atoms with Crippen LogP contribution in [-0.4, -0.2) is 17.6 Å². The van der Waals surface area contributed by atoms with Gasteiger partial charge in [0.15, 0.2) is 0 Å². The second kappa shape index (κ2) is 9.71. The van der Waals surface area contributed by atoms with Gasteiger partial charge in [0.25, 0.3) is 0 Å². The third-order valence-electron chi connectivity index (χ3n) is 4.40. The van der Waals surface area contributed by atoms with E-state index in [1.54, 1.807) is 24.4 Å². The van der Waals surface area contributed by atoms with Gasteiger partial charge in [0.05, 0.1) is 0 Å². The molecular weight excluding hydrogens is 345 g/mol. The molecule has 1 heterocycles. The molecule has 0 aliphatic heterocycles. The van der Waals surface area contributed by atoms with Gasteiger partial charge in [-0.05, 0) is 61.9 Å². The minimum absolute atomic E-state index is 0.182. The molecule has 2 N–H and O–H groups in total. The maximum Gasteiger partial charge on any atom is 0.315 e. The Hall–Kier alpha value is -2.89. The summed E-state index contributed by atoms with van der Waals surface area (Å²) in [6.45, 7) is 1.04. The van der Waals surface area contributed by atoms with Gasteiger partial charge in [0, 0.05) is 25.4 Å². The highest BCUT2D eigenvalue weighted by Crippen LogP contribution is 2.20. The van der Waals surface area contributed by atoms with Crippen LogP contribution in [0.15, 0.2) is 54.2 Å². The average Bonchev–Trinajstić information content (AvgIpc) is 2.70. The third kappa shape index (κ3) is 6.40. The van der Waals surface area contributed by atoms with Crippen LogP contribution in [0.4, 0.5) is 9.18 Å². The number of halogens is 1. The highest BCUT2D eigenvalue weighted by Gasteiger charge is 2.05. The number of hydrogen-bond acceptors (Lipinski definition) is 3. The van der Waals surface area contributed by atoms with Crippen molar-refractivity contribution in [3.05, 3.63) is 65.6 Å². The van der Waals surface area contributed by atoms with E-state index < -0.39 is 0 Å². The first-order valence-electron chi connectivity index (χ1n) is 9.27. The van der Waals surface area contributed by atoms with E-state index in [0.29, 0.717) is 24.7 Å². The number of amides is 2. The molecule has 0 fully saturated rings. The van der Waals surface area contributed by atoms with Crippen LogP contribution in [0.5, 0.6) is 11.6 Å². The predicted octanol–water partition coefficient (Wildman–Crippen LogP) is 4.70. The molecule has 0 saturated heterocycles. The topological polar surface area (TPSA) is 63.2 Å². The quantitative estimate of drug-likeness (QED) is 0.695. The van der Waals surface area contributed by atoms with Crippen LogP contribution >= 0.6 is 0 Å². The van der Waals surface area contributed by atoms with Crippen molar-refractivity contribution >= 4 is 6.03 Å². The molecule has 27 heavy (non-hydrogen) atoms. The first kappa shape index (κ1) is 18.9. The van der Waals surface area contributed by atoms with Crippen LogP contribution in [0.25, 0.3) is 0 Å². The van der Waals surface area contributed by atoms with E-state index in [4.69, 9.17) is 4.74 Å². The minimum atomic E-state index is -0.314. The van der Waals surface area contributed by atoms with Crippen molar-refractivity contribution in [2.75, 3.05) is 6.54 Å². The Balaban J connectivity index is 1.38.